The number of non-ortho nitro benzene ring substituents is 1. The molecule has 4 aromatic rings. The van der Waals surface area contributed by atoms with E-state index in [1.54, 1.807) is 13.8 Å². The van der Waals surface area contributed by atoms with Crippen molar-refractivity contribution in [2.24, 2.45) is 0 Å². The molecule has 0 aromatic heterocycles. The molecule has 0 saturated carbocycles. The number of anilines is 3. The molecule has 12 nitrogen and oxygen atoms in total. The van der Waals surface area contributed by atoms with Gasteiger partial charge in [0, 0.05) is 29.9 Å². The first-order valence-corrected chi connectivity index (χ1v) is 27.9. The molecule has 0 amide bonds. The van der Waals surface area contributed by atoms with Gasteiger partial charge in [-0.25, -0.2) is 16.8 Å². The van der Waals surface area contributed by atoms with E-state index in [1.165, 1.54) is 44.2 Å². The summed E-state index contributed by atoms with van der Waals surface area (Å²) in [5, 5.41) is 30.3. The Morgan fingerprint density at radius 1 is 0.656 bits per heavy atom. The number of nitrogens with zero attached hydrogens (tertiary/aromatic N) is 3. The molecule has 4 aromatic carbocycles. The number of aliphatic hydroxyl groups is 2. The molecule has 61 heavy (non-hydrogen) atoms. The van der Waals surface area contributed by atoms with Crippen molar-refractivity contribution < 1.29 is 58.3 Å². The Balaban J connectivity index is 0.000000395. The Hall–Kier alpha value is -2.96. The van der Waals surface area contributed by atoms with Crippen LogP contribution in [0.3, 0.4) is 0 Å². The average Bonchev–Trinajstić information content (AvgIpc) is 3.12. The van der Waals surface area contributed by atoms with Gasteiger partial charge in [0.2, 0.25) is 0 Å². The van der Waals surface area contributed by atoms with E-state index >= 15 is 0 Å². The maximum atomic E-state index is 13.2. The molecule has 2 radical (unpaired) electrons. The number of nitrogens with two attached hydrogens (primary N) is 1. The van der Waals surface area contributed by atoms with E-state index in [9.17, 15) is 63.5 Å². The Kier molecular flexibility index (Phi) is 18.4. The molecule has 0 saturated heterocycles. The first-order chi connectivity index (χ1) is 27.7. The summed E-state index contributed by atoms with van der Waals surface area (Å²) in [6.07, 6.45) is -9.82. The number of alkyl halides is 6. The van der Waals surface area contributed by atoms with Gasteiger partial charge in [0.05, 0.1) is 26.3 Å². The van der Waals surface area contributed by atoms with Gasteiger partial charge in [-0.05, 0) is 101 Å². The standard InChI is InChI=1S/C18H18ClF3N2O5S.C18H20ClF3N2O3S.2ClH.Sn/c1-11(2)23(13-6-4-12(5-7-13)17(3,25)18(20,21)22)30(28,29)16-10-14(24(26)27)8-9-15(16)19;1-11(2)24(28(26,27)16-10-13(23)6-9-15(16)19)14-7-4-12(5-8-14)17(3,25)18(20,21)22;;;/h4-11,25H,1-3H3;4-11,25H,23H2,1-3H3;2*1H;/q;;;;+2/p-2. The van der Waals surface area contributed by atoms with Gasteiger partial charge in [0.15, 0.2) is 11.2 Å². The first-order valence-electron chi connectivity index (χ1n) is 17.0. The van der Waals surface area contributed by atoms with Crippen LogP contribution in [0.5, 0.6) is 0 Å². The van der Waals surface area contributed by atoms with Crippen LogP contribution in [-0.2, 0) is 31.2 Å². The summed E-state index contributed by atoms with van der Waals surface area (Å²) < 4.78 is 133. The van der Waals surface area contributed by atoms with Crippen molar-refractivity contribution in [1.82, 2.24) is 0 Å². The molecular weight excluding hydrogens is 1060 g/mol. The number of rotatable bonds is 11. The van der Waals surface area contributed by atoms with E-state index in [0.29, 0.717) is 13.8 Å². The molecule has 25 heteroatoms. The van der Waals surface area contributed by atoms with Crippen LogP contribution in [0.2, 0.25) is 10.0 Å². The number of halogens is 10. The van der Waals surface area contributed by atoms with Crippen LogP contribution in [0.1, 0.15) is 52.7 Å². The van der Waals surface area contributed by atoms with Gasteiger partial charge in [0.25, 0.3) is 25.7 Å². The van der Waals surface area contributed by atoms with Gasteiger partial charge >= 0.3 is 49.1 Å². The molecule has 0 aliphatic heterocycles. The summed E-state index contributed by atoms with van der Waals surface area (Å²) in [4.78, 5) is 9.51. The van der Waals surface area contributed by atoms with E-state index < -0.39 is 101 Å². The SMILES string of the molecule is CC(C)N(c1ccc(C(C)(O)C(F)(F)F)cc1)S(=O)(=O)c1cc(N)ccc1Cl.CC(C)N(c1ccc(C(C)(O)C(F)(F)F)cc1)S(=O)(=O)c1cc([N+](=O)[O-])ccc1Cl.[Cl][Sn][Cl]. The van der Waals surface area contributed by atoms with Crippen LogP contribution in [0.25, 0.3) is 0 Å². The van der Waals surface area contributed by atoms with Crippen LogP contribution in [0, 0.1) is 10.1 Å². The molecule has 0 fully saturated rings. The van der Waals surface area contributed by atoms with Gasteiger partial charge in [-0.2, -0.15) is 26.3 Å². The Morgan fingerprint density at radius 2 is 0.967 bits per heavy atom. The van der Waals surface area contributed by atoms with Gasteiger partial charge in [-0.3, -0.25) is 18.7 Å². The topological polar surface area (TPSA) is 184 Å². The van der Waals surface area contributed by atoms with Crippen LogP contribution >= 0.6 is 41.0 Å². The zero-order valence-electron chi connectivity index (χ0n) is 32.6. The monoisotopic (exact) mass is 1090 g/mol. The second-order valence-corrected chi connectivity index (χ2v) is 22.3. The van der Waals surface area contributed by atoms with Crippen molar-refractivity contribution in [3.05, 3.63) is 116 Å². The van der Waals surface area contributed by atoms with E-state index in [0.717, 1.165) is 63.2 Å². The van der Waals surface area contributed by atoms with Crippen molar-refractivity contribution >= 4 is 103 Å². The number of hydrogen-bond donors (Lipinski definition) is 3. The summed E-state index contributed by atoms with van der Waals surface area (Å²) in [6, 6.07) is 14.3. The number of nitro benzene ring substituents is 1. The maximum absolute atomic E-state index is 13.2. The predicted molar refractivity (Wildman–Crippen MR) is 225 cm³/mol. The van der Waals surface area contributed by atoms with E-state index in [4.69, 9.17) is 46.8 Å². The van der Waals surface area contributed by atoms with Crippen molar-refractivity contribution in [3.8, 4) is 0 Å². The average molecular weight is 1090 g/mol. The van der Waals surface area contributed by atoms with Crippen LogP contribution < -0.4 is 14.3 Å². The number of sulfonamides is 2. The minimum atomic E-state index is -4.94. The normalized spacial score (nSPS) is 14.2. The van der Waals surface area contributed by atoms with Gasteiger partial charge < -0.3 is 15.9 Å². The first kappa shape index (κ1) is 54.2. The molecule has 0 aliphatic carbocycles. The molecule has 336 valence electrons. The van der Waals surface area contributed by atoms with Crippen molar-refractivity contribution in [2.75, 3.05) is 14.3 Å². The van der Waals surface area contributed by atoms with Crippen LogP contribution in [0.4, 0.5) is 49.1 Å². The summed E-state index contributed by atoms with van der Waals surface area (Å²) in [5.74, 6) is 0. The summed E-state index contributed by atoms with van der Waals surface area (Å²) in [7, 11) is 1.32. The minimum absolute atomic E-state index is 0.00528. The fourth-order valence-electron chi connectivity index (χ4n) is 5.35. The zero-order chi connectivity index (χ0) is 47.3. The van der Waals surface area contributed by atoms with E-state index in [2.05, 4.69) is 0 Å². The number of nitrogen functional groups attached to an aromatic ring is 1. The second kappa shape index (κ2) is 20.7. The third-order valence-electron chi connectivity index (χ3n) is 8.56. The molecule has 2 atom stereocenters. The van der Waals surface area contributed by atoms with Crippen LogP contribution in [-0.4, -0.2) is 75.3 Å². The molecule has 0 aliphatic rings. The molecule has 0 spiro atoms. The van der Waals surface area contributed by atoms with Crippen molar-refractivity contribution in [1.29, 1.82) is 0 Å². The molecule has 0 heterocycles. The second-order valence-electron chi connectivity index (χ2n) is 13.7. The van der Waals surface area contributed by atoms with E-state index in [-0.39, 0.29) is 32.0 Å². The van der Waals surface area contributed by atoms with Gasteiger partial charge in [-0.1, -0.05) is 47.5 Å². The molecule has 2 unspecified atom stereocenters. The number of benzene rings is 4. The third kappa shape index (κ3) is 12.6. The molecule has 4 N–H and O–H groups in total. The Bertz CT molecular complexity index is 2380. The van der Waals surface area contributed by atoms with Gasteiger partial charge in [0.1, 0.15) is 9.79 Å². The Morgan fingerprint density at radius 3 is 1.26 bits per heavy atom. The molecule has 4 rings (SSSR count). The summed E-state index contributed by atoms with van der Waals surface area (Å²) in [6.45, 7) is 7.47. The quantitative estimate of drug-likeness (QED) is 0.0433. The third-order valence-corrected chi connectivity index (χ3v) is 13.5. The predicted octanol–water partition coefficient (Wildman–Crippen LogP) is 9.92. The fourth-order valence-corrected chi connectivity index (χ4v) is 9.69. The zero-order valence-corrected chi connectivity index (χ0v) is 40.1. The van der Waals surface area contributed by atoms with Crippen molar-refractivity contribution in [2.45, 2.75) is 87.0 Å². The summed E-state index contributed by atoms with van der Waals surface area (Å²) >= 11 is 11.2. The fraction of sp³-hybridized carbons (Fsp3) is 0.333. The Labute approximate surface area is 376 Å². The van der Waals surface area contributed by atoms with E-state index in [1.807, 2.05) is 0 Å². The summed E-state index contributed by atoms with van der Waals surface area (Å²) in [5.41, 5.74) is -1.59. The van der Waals surface area contributed by atoms with Crippen LogP contribution in [0.15, 0.2) is 94.7 Å². The molecule has 0 bridgehead atoms. The van der Waals surface area contributed by atoms with Crippen molar-refractivity contribution in [3.63, 3.8) is 0 Å². The number of nitro groups is 1. The number of hydrogen-bond acceptors (Lipinski definition) is 9. The molecular formula is C36H38Cl4F6N4O8S2Sn. The van der Waals surface area contributed by atoms with Gasteiger partial charge in [-0.15, -0.1) is 0 Å².